The SMILES string of the molecule is COC(=O)C(C(=O)OCc1ccccc1)=C(N)CCc1ccc(OC)cc1. The number of benzene rings is 2. The zero-order valence-electron chi connectivity index (χ0n) is 15.4. The summed E-state index contributed by atoms with van der Waals surface area (Å²) in [4.78, 5) is 24.4. The molecule has 0 unspecified atom stereocenters. The molecule has 27 heavy (non-hydrogen) atoms. The molecule has 0 amide bonds. The highest BCUT2D eigenvalue weighted by Gasteiger charge is 2.24. The van der Waals surface area contributed by atoms with E-state index in [0.29, 0.717) is 12.8 Å². The molecule has 0 heterocycles. The van der Waals surface area contributed by atoms with E-state index in [1.165, 1.54) is 7.11 Å². The van der Waals surface area contributed by atoms with Gasteiger partial charge >= 0.3 is 11.9 Å². The first-order valence-electron chi connectivity index (χ1n) is 8.46. The largest absolute Gasteiger partial charge is 0.497 e. The summed E-state index contributed by atoms with van der Waals surface area (Å²) in [5, 5.41) is 0. The molecule has 0 saturated carbocycles. The third-order valence-corrected chi connectivity index (χ3v) is 3.97. The Labute approximate surface area is 158 Å². The number of carbonyl (C=O) groups excluding carboxylic acids is 2. The van der Waals surface area contributed by atoms with Crippen LogP contribution in [0.3, 0.4) is 0 Å². The van der Waals surface area contributed by atoms with E-state index >= 15 is 0 Å². The molecule has 6 heteroatoms. The van der Waals surface area contributed by atoms with E-state index < -0.39 is 11.9 Å². The van der Waals surface area contributed by atoms with E-state index in [2.05, 4.69) is 0 Å². The number of hydrogen-bond acceptors (Lipinski definition) is 6. The topological polar surface area (TPSA) is 87.9 Å². The lowest BCUT2D eigenvalue weighted by atomic mass is 10.1. The molecule has 0 fully saturated rings. The lowest BCUT2D eigenvalue weighted by Crippen LogP contribution is -2.22. The van der Waals surface area contributed by atoms with Gasteiger partial charge in [-0.1, -0.05) is 42.5 Å². The third kappa shape index (κ3) is 5.88. The maximum Gasteiger partial charge on any atom is 0.347 e. The van der Waals surface area contributed by atoms with E-state index in [1.54, 1.807) is 7.11 Å². The zero-order chi connectivity index (χ0) is 19.6. The number of aryl methyl sites for hydroxylation is 1. The highest BCUT2D eigenvalue weighted by Crippen LogP contribution is 2.16. The van der Waals surface area contributed by atoms with Gasteiger partial charge < -0.3 is 19.9 Å². The van der Waals surface area contributed by atoms with Crippen LogP contribution in [0.4, 0.5) is 0 Å². The highest BCUT2D eigenvalue weighted by atomic mass is 16.5. The van der Waals surface area contributed by atoms with Crippen molar-refractivity contribution in [2.75, 3.05) is 14.2 Å². The maximum absolute atomic E-state index is 12.4. The molecule has 2 N–H and O–H groups in total. The fourth-order valence-corrected chi connectivity index (χ4v) is 2.44. The smallest absolute Gasteiger partial charge is 0.347 e. The molecule has 142 valence electrons. The maximum atomic E-state index is 12.4. The van der Waals surface area contributed by atoms with E-state index in [0.717, 1.165) is 16.9 Å². The molecular formula is C21H23NO5. The van der Waals surface area contributed by atoms with Crippen LogP contribution < -0.4 is 10.5 Å². The average Bonchev–Trinajstić information content (AvgIpc) is 2.71. The highest BCUT2D eigenvalue weighted by molar-refractivity contribution is 6.14. The summed E-state index contributed by atoms with van der Waals surface area (Å²) in [6.45, 7) is 0.0475. The van der Waals surface area contributed by atoms with Crippen LogP contribution in [0.2, 0.25) is 0 Å². The third-order valence-electron chi connectivity index (χ3n) is 3.97. The molecule has 2 aromatic rings. The Morgan fingerprint density at radius 3 is 2.15 bits per heavy atom. The van der Waals surface area contributed by atoms with Crippen LogP contribution in [0.1, 0.15) is 17.5 Å². The molecule has 0 bridgehead atoms. The Bertz CT molecular complexity index is 797. The van der Waals surface area contributed by atoms with Crippen molar-refractivity contribution in [3.63, 3.8) is 0 Å². The summed E-state index contributed by atoms with van der Waals surface area (Å²) in [6, 6.07) is 16.7. The van der Waals surface area contributed by atoms with Crippen LogP contribution in [0.5, 0.6) is 5.75 Å². The molecule has 0 aromatic heterocycles. The minimum Gasteiger partial charge on any atom is -0.497 e. The van der Waals surface area contributed by atoms with Gasteiger partial charge in [0.2, 0.25) is 0 Å². The molecule has 0 aliphatic rings. The van der Waals surface area contributed by atoms with Gasteiger partial charge in [-0.25, -0.2) is 9.59 Å². The predicted molar refractivity (Wildman–Crippen MR) is 101 cm³/mol. The summed E-state index contributed by atoms with van der Waals surface area (Å²) in [5.41, 5.74) is 7.71. The predicted octanol–water partition coefficient (Wildman–Crippen LogP) is 2.76. The van der Waals surface area contributed by atoms with Gasteiger partial charge in [0.1, 0.15) is 12.4 Å². The quantitative estimate of drug-likeness (QED) is 0.333. The summed E-state index contributed by atoms with van der Waals surface area (Å²) in [6.07, 6.45) is 0.874. The lowest BCUT2D eigenvalue weighted by molar-refractivity contribution is -0.146. The monoisotopic (exact) mass is 369 g/mol. The summed E-state index contributed by atoms with van der Waals surface area (Å²) < 4.78 is 15.0. The summed E-state index contributed by atoms with van der Waals surface area (Å²) >= 11 is 0. The van der Waals surface area contributed by atoms with Crippen molar-refractivity contribution in [3.05, 3.63) is 77.0 Å². The normalized spacial score (nSPS) is 11.3. The first kappa shape index (κ1) is 20.0. The van der Waals surface area contributed by atoms with Crippen molar-refractivity contribution in [3.8, 4) is 5.75 Å². The van der Waals surface area contributed by atoms with E-state index in [9.17, 15) is 9.59 Å². The van der Waals surface area contributed by atoms with Crippen LogP contribution in [-0.4, -0.2) is 26.2 Å². The number of nitrogens with two attached hydrogens (primary N) is 1. The second-order valence-electron chi connectivity index (χ2n) is 5.80. The fraction of sp³-hybridized carbons (Fsp3) is 0.238. The molecule has 0 aliphatic heterocycles. The first-order valence-corrected chi connectivity index (χ1v) is 8.46. The van der Waals surface area contributed by atoms with Crippen molar-refractivity contribution in [1.29, 1.82) is 0 Å². The van der Waals surface area contributed by atoms with Gasteiger partial charge in [-0.15, -0.1) is 0 Å². The molecule has 0 aliphatic carbocycles. The molecule has 0 radical (unpaired) electrons. The lowest BCUT2D eigenvalue weighted by Gasteiger charge is -2.11. The van der Waals surface area contributed by atoms with Gasteiger partial charge in [-0.05, 0) is 36.1 Å². The van der Waals surface area contributed by atoms with Gasteiger partial charge in [0, 0.05) is 5.70 Å². The number of rotatable bonds is 8. The molecule has 0 spiro atoms. The van der Waals surface area contributed by atoms with Crippen molar-refractivity contribution in [2.24, 2.45) is 5.73 Å². The van der Waals surface area contributed by atoms with Crippen molar-refractivity contribution < 1.29 is 23.8 Å². The van der Waals surface area contributed by atoms with Gasteiger partial charge in [-0.3, -0.25) is 0 Å². The first-order chi connectivity index (χ1) is 13.0. The van der Waals surface area contributed by atoms with Crippen molar-refractivity contribution >= 4 is 11.9 Å². The van der Waals surface area contributed by atoms with Crippen molar-refractivity contribution in [2.45, 2.75) is 19.4 Å². The van der Waals surface area contributed by atoms with E-state index in [4.69, 9.17) is 19.9 Å². The fourth-order valence-electron chi connectivity index (χ4n) is 2.44. The minimum absolute atomic E-state index is 0.0475. The molecule has 2 rings (SSSR count). The number of methoxy groups -OCH3 is 2. The van der Waals surface area contributed by atoms with Crippen LogP contribution >= 0.6 is 0 Å². The van der Waals surface area contributed by atoms with E-state index in [-0.39, 0.29) is 17.9 Å². The minimum atomic E-state index is -0.805. The number of hydrogen-bond donors (Lipinski definition) is 1. The Balaban J connectivity index is 2.07. The Morgan fingerprint density at radius 1 is 0.889 bits per heavy atom. The van der Waals surface area contributed by atoms with Crippen LogP contribution in [0.25, 0.3) is 0 Å². The van der Waals surface area contributed by atoms with Crippen LogP contribution in [0, 0.1) is 0 Å². The summed E-state index contributed by atoms with van der Waals surface area (Å²) in [5.74, 6) is -0.847. The Hall–Kier alpha value is -3.28. The van der Waals surface area contributed by atoms with Gasteiger partial charge in [0.15, 0.2) is 5.57 Å². The number of ether oxygens (including phenoxy) is 3. The molecule has 2 aromatic carbocycles. The van der Waals surface area contributed by atoms with Gasteiger partial charge in [0.25, 0.3) is 0 Å². The number of carbonyl (C=O) groups is 2. The van der Waals surface area contributed by atoms with Gasteiger partial charge in [-0.2, -0.15) is 0 Å². The average molecular weight is 369 g/mol. The molecule has 0 atom stereocenters. The Morgan fingerprint density at radius 2 is 1.56 bits per heavy atom. The molecule has 6 nitrogen and oxygen atoms in total. The zero-order valence-corrected chi connectivity index (χ0v) is 15.4. The Kier molecular flexibility index (Phi) is 7.43. The van der Waals surface area contributed by atoms with E-state index in [1.807, 2.05) is 54.6 Å². The molecular weight excluding hydrogens is 346 g/mol. The van der Waals surface area contributed by atoms with Crippen LogP contribution in [-0.2, 0) is 32.1 Å². The summed E-state index contributed by atoms with van der Waals surface area (Å²) in [7, 11) is 2.79. The molecule has 0 saturated heterocycles. The van der Waals surface area contributed by atoms with Crippen LogP contribution in [0.15, 0.2) is 65.9 Å². The standard InChI is InChI=1S/C21H23NO5/c1-25-17-11-8-15(9-12-17)10-13-18(22)19(20(23)26-2)21(24)27-14-16-6-4-3-5-7-16/h3-9,11-12H,10,13-14,22H2,1-2H3. The number of esters is 2. The van der Waals surface area contributed by atoms with Gasteiger partial charge in [0.05, 0.1) is 14.2 Å². The second kappa shape index (κ2) is 10.0. The number of allylic oxidation sites excluding steroid dienone is 1. The second-order valence-corrected chi connectivity index (χ2v) is 5.80. The van der Waals surface area contributed by atoms with Crippen molar-refractivity contribution in [1.82, 2.24) is 0 Å².